The summed E-state index contributed by atoms with van der Waals surface area (Å²) in [6.07, 6.45) is 0.119. The van der Waals surface area contributed by atoms with Gasteiger partial charge in [0.1, 0.15) is 0 Å². The van der Waals surface area contributed by atoms with E-state index < -0.39 is 0 Å². The van der Waals surface area contributed by atoms with Gasteiger partial charge in [-0.3, -0.25) is 4.90 Å². The van der Waals surface area contributed by atoms with Crippen LogP contribution in [0.3, 0.4) is 0 Å². The number of aryl methyl sites for hydroxylation is 1. The third-order valence-corrected chi connectivity index (χ3v) is 5.47. The Morgan fingerprint density at radius 3 is 2.94 bits per heavy atom. The fourth-order valence-electron chi connectivity index (χ4n) is 2.33. The second kappa shape index (κ2) is 5.80. The van der Waals surface area contributed by atoms with E-state index in [2.05, 4.69) is 40.7 Å². The molecule has 0 saturated carbocycles. The molecule has 2 atom stereocenters. The fourth-order valence-corrected chi connectivity index (χ4v) is 4.08. The maximum Gasteiger partial charge on any atom is 0.0902 e. The molecule has 0 radical (unpaired) electrons. The smallest absolute Gasteiger partial charge is 0.0902 e. The topological polar surface area (TPSA) is 38.5 Å². The molecular formula is C12H19BrN2OS. The fraction of sp³-hybridized carbons (Fsp3) is 0.667. The third-order valence-electron chi connectivity index (χ3n) is 3.26. The lowest BCUT2D eigenvalue weighted by atomic mass is 10.1. The van der Waals surface area contributed by atoms with E-state index in [1.807, 2.05) is 11.3 Å². The summed E-state index contributed by atoms with van der Waals surface area (Å²) in [6.45, 7) is 7.73. The van der Waals surface area contributed by atoms with Gasteiger partial charge in [-0.25, -0.2) is 0 Å². The molecule has 0 aliphatic carbocycles. The Hall–Kier alpha value is 0.0600. The van der Waals surface area contributed by atoms with E-state index >= 15 is 0 Å². The van der Waals surface area contributed by atoms with Crippen molar-refractivity contribution in [1.82, 2.24) is 4.90 Å². The minimum Gasteiger partial charge on any atom is -0.374 e. The molecule has 1 saturated heterocycles. The van der Waals surface area contributed by atoms with E-state index in [0.29, 0.717) is 12.6 Å². The van der Waals surface area contributed by atoms with Crippen molar-refractivity contribution < 1.29 is 4.74 Å². The minimum atomic E-state index is 0.119. The zero-order valence-corrected chi connectivity index (χ0v) is 12.7. The van der Waals surface area contributed by atoms with Crippen molar-refractivity contribution >= 4 is 27.3 Å². The first kappa shape index (κ1) is 13.5. The molecule has 0 amide bonds. The van der Waals surface area contributed by atoms with E-state index in [1.165, 1.54) is 14.2 Å². The summed E-state index contributed by atoms with van der Waals surface area (Å²) in [7, 11) is 0. The second-order valence-electron chi connectivity index (χ2n) is 4.27. The van der Waals surface area contributed by atoms with E-state index in [1.54, 1.807) is 0 Å². The molecule has 1 aromatic heterocycles. The molecule has 2 heterocycles. The third kappa shape index (κ3) is 2.74. The summed E-state index contributed by atoms with van der Waals surface area (Å²) in [5.41, 5.74) is 5.83. The predicted molar refractivity (Wildman–Crippen MR) is 75.5 cm³/mol. The number of hydrogen-bond acceptors (Lipinski definition) is 4. The molecule has 96 valence electrons. The van der Waals surface area contributed by atoms with Crippen molar-refractivity contribution in [3.63, 3.8) is 0 Å². The highest BCUT2D eigenvalue weighted by molar-refractivity contribution is 9.10. The van der Waals surface area contributed by atoms with Crippen LogP contribution in [-0.2, 0) is 4.74 Å². The highest BCUT2D eigenvalue weighted by Gasteiger charge is 2.33. The molecule has 0 bridgehead atoms. The minimum absolute atomic E-state index is 0.119. The molecule has 0 aromatic carbocycles. The number of likely N-dealkylation sites (N-methyl/N-ethyl adjacent to an activating group) is 1. The Balaban J connectivity index is 2.29. The lowest BCUT2D eigenvalue weighted by Gasteiger charge is -2.39. The Morgan fingerprint density at radius 2 is 2.41 bits per heavy atom. The van der Waals surface area contributed by atoms with Crippen molar-refractivity contribution in [3.05, 3.63) is 20.3 Å². The Kier molecular flexibility index (Phi) is 4.60. The Labute approximate surface area is 115 Å². The molecule has 1 fully saturated rings. The summed E-state index contributed by atoms with van der Waals surface area (Å²) < 4.78 is 6.99. The first-order chi connectivity index (χ1) is 8.17. The first-order valence-corrected chi connectivity index (χ1v) is 7.59. The maximum atomic E-state index is 5.83. The number of halogens is 1. The lowest BCUT2D eigenvalue weighted by molar-refractivity contribution is -0.0646. The van der Waals surface area contributed by atoms with Crippen molar-refractivity contribution in [1.29, 1.82) is 0 Å². The summed E-state index contributed by atoms with van der Waals surface area (Å²) in [5.74, 6) is 0. The number of rotatable bonds is 3. The van der Waals surface area contributed by atoms with Crippen molar-refractivity contribution in [2.24, 2.45) is 5.73 Å². The molecular weight excluding hydrogens is 300 g/mol. The SMILES string of the molecule is CCN1CCOC(CN)C1c1cc(Br)c(C)s1. The first-order valence-electron chi connectivity index (χ1n) is 5.99. The molecule has 3 nitrogen and oxygen atoms in total. The summed E-state index contributed by atoms with van der Waals surface area (Å²) in [6, 6.07) is 2.53. The van der Waals surface area contributed by atoms with Gasteiger partial charge in [0.05, 0.1) is 18.8 Å². The summed E-state index contributed by atoms with van der Waals surface area (Å²) in [4.78, 5) is 5.13. The van der Waals surface area contributed by atoms with Crippen molar-refractivity contribution in [2.45, 2.75) is 26.0 Å². The maximum absolute atomic E-state index is 5.83. The van der Waals surface area contributed by atoms with E-state index in [-0.39, 0.29) is 6.10 Å². The van der Waals surface area contributed by atoms with Crippen molar-refractivity contribution in [3.8, 4) is 0 Å². The van der Waals surface area contributed by atoms with Crippen molar-refractivity contribution in [2.75, 3.05) is 26.2 Å². The normalized spacial score (nSPS) is 26.4. The van der Waals surface area contributed by atoms with Gasteiger partial charge in [-0.2, -0.15) is 0 Å². The number of thiophene rings is 1. The molecule has 0 spiro atoms. The van der Waals surface area contributed by atoms with Gasteiger partial charge in [-0.15, -0.1) is 11.3 Å². The number of nitrogens with two attached hydrogens (primary N) is 1. The zero-order chi connectivity index (χ0) is 12.4. The molecule has 2 unspecified atom stereocenters. The van der Waals surface area contributed by atoms with E-state index in [4.69, 9.17) is 10.5 Å². The van der Waals surface area contributed by atoms with Crippen LogP contribution in [0, 0.1) is 6.92 Å². The van der Waals surface area contributed by atoms with Crippen LogP contribution < -0.4 is 5.73 Å². The van der Waals surface area contributed by atoms with Gasteiger partial charge in [0.15, 0.2) is 0 Å². The highest BCUT2D eigenvalue weighted by atomic mass is 79.9. The van der Waals surface area contributed by atoms with Crippen LogP contribution >= 0.6 is 27.3 Å². The Bertz CT molecular complexity index is 351. The number of hydrogen-bond donors (Lipinski definition) is 1. The summed E-state index contributed by atoms with van der Waals surface area (Å²) >= 11 is 5.42. The number of morpholine rings is 1. The monoisotopic (exact) mass is 318 g/mol. The molecule has 1 aromatic rings. The van der Waals surface area contributed by atoms with Gasteiger partial charge >= 0.3 is 0 Å². The summed E-state index contributed by atoms with van der Waals surface area (Å²) in [5, 5.41) is 0. The molecule has 1 aliphatic rings. The van der Waals surface area contributed by atoms with Crippen LogP contribution in [0.5, 0.6) is 0 Å². The molecule has 5 heteroatoms. The molecule has 17 heavy (non-hydrogen) atoms. The van der Waals surface area contributed by atoms with Gasteiger partial charge in [0.2, 0.25) is 0 Å². The van der Waals surface area contributed by atoms with Gasteiger partial charge in [-0.05, 0) is 35.5 Å². The van der Waals surface area contributed by atoms with Gasteiger partial charge in [-0.1, -0.05) is 6.92 Å². The van der Waals surface area contributed by atoms with E-state index in [9.17, 15) is 0 Å². The molecule has 2 N–H and O–H groups in total. The van der Waals surface area contributed by atoms with Crippen LogP contribution in [0.1, 0.15) is 22.7 Å². The second-order valence-corrected chi connectivity index (χ2v) is 6.41. The molecule has 2 rings (SSSR count). The predicted octanol–water partition coefficient (Wildman–Crippen LogP) is 2.54. The van der Waals surface area contributed by atoms with E-state index in [0.717, 1.165) is 19.7 Å². The van der Waals surface area contributed by atoms with Gasteiger partial charge in [0.25, 0.3) is 0 Å². The zero-order valence-electron chi connectivity index (χ0n) is 10.3. The number of nitrogens with zero attached hydrogens (tertiary/aromatic N) is 1. The molecule has 1 aliphatic heterocycles. The highest BCUT2D eigenvalue weighted by Crippen LogP contribution is 2.37. The van der Waals surface area contributed by atoms with Gasteiger partial charge in [0, 0.05) is 27.3 Å². The van der Waals surface area contributed by atoms with Crippen LogP contribution in [-0.4, -0.2) is 37.2 Å². The Morgan fingerprint density at radius 1 is 1.65 bits per heavy atom. The average molecular weight is 319 g/mol. The lowest BCUT2D eigenvalue weighted by Crippen LogP contribution is -2.47. The van der Waals surface area contributed by atoms with Gasteiger partial charge < -0.3 is 10.5 Å². The van der Waals surface area contributed by atoms with Crippen LogP contribution in [0.2, 0.25) is 0 Å². The standard InChI is InChI=1S/C12H19BrN2OS/c1-3-15-4-5-16-10(7-14)12(15)11-6-9(13)8(2)17-11/h6,10,12H,3-5,7,14H2,1-2H3. The van der Waals surface area contributed by atoms with Crippen LogP contribution in [0.15, 0.2) is 10.5 Å². The quantitative estimate of drug-likeness (QED) is 0.930. The average Bonchev–Trinajstić information content (AvgIpc) is 2.68. The van der Waals surface area contributed by atoms with Crippen LogP contribution in [0.4, 0.5) is 0 Å². The van der Waals surface area contributed by atoms with Crippen LogP contribution in [0.25, 0.3) is 0 Å². The largest absolute Gasteiger partial charge is 0.374 e. The number of ether oxygens (including phenoxy) is 1.